The van der Waals surface area contributed by atoms with Crippen LogP contribution in [-0.4, -0.2) is 33.1 Å². The second-order valence-corrected chi connectivity index (χ2v) is 11.3. The highest BCUT2D eigenvalue weighted by atomic mass is 35.5. The van der Waals surface area contributed by atoms with Gasteiger partial charge in [-0.3, -0.25) is 14.3 Å². The Kier molecular flexibility index (Phi) is 8.27. The number of nitrogens with zero attached hydrogens (tertiary/aromatic N) is 3. The summed E-state index contributed by atoms with van der Waals surface area (Å²) in [6, 6.07) is 14.4. The van der Waals surface area contributed by atoms with Gasteiger partial charge < -0.3 is 0 Å². The van der Waals surface area contributed by atoms with E-state index in [0.717, 1.165) is 30.8 Å². The summed E-state index contributed by atoms with van der Waals surface area (Å²) in [5.74, 6) is -0.439. The number of aromatic nitrogens is 2. The van der Waals surface area contributed by atoms with Crippen LogP contribution >= 0.6 is 47.2 Å². The number of pyridine rings is 2. The van der Waals surface area contributed by atoms with Crippen LogP contribution in [0.25, 0.3) is 33.4 Å². The van der Waals surface area contributed by atoms with Gasteiger partial charge in [-0.05, 0) is 75.2 Å². The van der Waals surface area contributed by atoms with Gasteiger partial charge in [0.25, 0.3) is 5.56 Å². The van der Waals surface area contributed by atoms with Crippen LogP contribution in [-0.2, 0) is 0 Å². The third kappa shape index (κ3) is 5.36. The molecular formula is C29H26Cl4FN3O. The zero-order valence-corrected chi connectivity index (χ0v) is 24.1. The number of rotatable bonds is 3. The minimum Gasteiger partial charge on any atom is -0.294 e. The van der Waals surface area contributed by atoms with E-state index in [9.17, 15) is 9.18 Å². The average Bonchev–Trinajstić information content (AvgIpc) is 2.84. The van der Waals surface area contributed by atoms with E-state index >= 15 is 0 Å². The van der Waals surface area contributed by atoms with Gasteiger partial charge in [-0.2, -0.15) is 0 Å². The van der Waals surface area contributed by atoms with Crippen LogP contribution in [0.2, 0.25) is 15.1 Å². The molecule has 2 aromatic carbocycles. The standard InChI is InChI=1S/C29H25Cl3FN3O.ClH/c1-29(2,3)35-13-11-17(12-14-35)24-16-25-20(27(34-24)19-8-7-18(33)15-23(19)32)9-10-26(37)36(25)28-21(30)5-4-6-22(28)31;/h4-11,15-16H,12-14H2,1-3H3;1H. The quantitative estimate of drug-likeness (QED) is 0.239. The van der Waals surface area contributed by atoms with Crippen molar-refractivity contribution in [2.45, 2.75) is 32.7 Å². The predicted octanol–water partition coefficient (Wildman–Crippen LogP) is 8.46. The summed E-state index contributed by atoms with van der Waals surface area (Å²) in [5, 5.41) is 1.59. The first kappa shape index (κ1) is 28.6. The summed E-state index contributed by atoms with van der Waals surface area (Å²) in [5.41, 5.74) is 3.65. The second-order valence-electron chi connectivity index (χ2n) is 10.1. The molecule has 0 spiro atoms. The zero-order valence-electron chi connectivity index (χ0n) is 21.1. The van der Waals surface area contributed by atoms with Crippen LogP contribution in [0.3, 0.4) is 0 Å². The average molecular weight is 593 g/mol. The first-order chi connectivity index (χ1) is 17.5. The molecule has 0 unspecified atom stereocenters. The highest BCUT2D eigenvalue weighted by Crippen LogP contribution is 2.37. The Balaban J connectivity index is 0.00000336. The highest BCUT2D eigenvalue weighted by molar-refractivity contribution is 6.38. The van der Waals surface area contributed by atoms with Crippen LogP contribution in [0, 0.1) is 5.82 Å². The molecule has 0 atom stereocenters. The number of halogens is 5. The van der Waals surface area contributed by atoms with Crippen molar-refractivity contribution < 1.29 is 4.39 Å². The van der Waals surface area contributed by atoms with E-state index in [-0.39, 0.29) is 28.5 Å². The summed E-state index contributed by atoms with van der Waals surface area (Å²) in [6.45, 7) is 8.24. The molecular weight excluding hydrogens is 567 g/mol. The maximum atomic E-state index is 13.9. The van der Waals surface area contributed by atoms with Gasteiger partial charge in [0.1, 0.15) is 5.82 Å². The summed E-state index contributed by atoms with van der Waals surface area (Å²) < 4.78 is 15.4. The van der Waals surface area contributed by atoms with Gasteiger partial charge in [0, 0.05) is 35.6 Å². The van der Waals surface area contributed by atoms with Gasteiger partial charge in [-0.1, -0.05) is 46.9 Å². The second kappa shape index (κ2) is 11.0. The molecule has 0 bridgehead atoms. The fourth-order valence-electron chi connectivity index (χ4n) is 4.73. The summed E-state index contributed by atoms with van der Waals surface area (Å²) in [6.07, 6.45) is 2.96. The molecule has 0 saturated heterocycles. The van der Waals surface area contributed by atoms with E-state index in [4.69, 9.17) is 39.8 Å². The Bertz CT molecular complexity index is 1600. The zero-order chi connectivity index (χ0) is 26.5. The Morgan fingerprint density at radius 3 is 2.26 bits per heavy atom. The van der Waals surface area contributed by atoms with E-state index < -0.39 is 5.82 Å². The molecule has 2 aromatic heterocycles. The Hall–Kier alpha value is -2.41. The maximum Gasteiger partial charge on any atom is 0.255 e. The molecule has 0 fully saturated rings. The molecule has 9 heteroatoms. The highest BCUT2D eigenvalue weighted by Gasteiger charge is 2.25. The molecule has 5 rings (SSSR count). The topological polar surface area (TPSA) is 38.1 Å². The Morgan fingerprint density at radius 2 is 1.66 bits per heavy atom. The lowest BCUT2D eigenvalue weighted by Crippen LogP contribution is -2.43. The molecule has 198 valence electrons. The molecule has 1 aliphatic heterocycles. The summed E-state index contributed by atoms with van der Waals surface area (Å²) in [7, 11) is 0. The molecule has 1 aliphatic rings. The first-order valence-corrected chi connectivity index (χ1v) is 13.1. The smallest absolute Gasteiger partial charge is 0.255 e. The van der Waals surface area contributed by atoms with Crippen LogP contribution in [0.4, 0.5) is 4.39 Å². The molecule has 4 aromatic rings. The molecule has 3 heterocycles. The van der Waals surface area contributed by atoms with Crippen LogP contribution in [0.5, 0.6) is 0 Å². The van der Waals surface area contributed by atoms with E-state index in [1.165, 1.54) is 22.8 Å². The van der Waals surface area contributed by atoms with Crippen LogP contribution < -0.4 is 5.56 Å². The molecule has 0 radical (unpaired) electrons. The van der Waals surface area contributed by atoms with Gasteiger partial charge in [-0.25, -0.2) is 9.37 Å². The van der Waals surface area contributed by atoms with Gasteiger partial charge >= 0.3 is 0 Å². The first-order valence-electron chi connectivity index (χ1n) is 12.0. The van der Waals surface area contributed by atoms with Crippen molar-refractivity contribution in [2.24, 2.45) is 0 Å². The van der Waals surface area contributed by atoms with E-state index in [1.807, 2.05) is 6.07 Å². The maximum absolute atomic E-state index is 13.9. The van der Waals surface area contributed by atoms with Crippen molar-refractivity contribution in [3.8, 4) is 16.9 Å². The lowest BCUT2D eigenvalue weighted by atomic mass is 9.97. The molecule has 38 heavy (non-hydrogen) atoms. The third-order valence-electron chi connectivity index (χ3n) is 6.72. The fourth-order valence-corrected chi connectivity index (χ4v) is 5.56. The number of hydrogen-bond acceptors (Lipinski definition) is 3. The molecule has 0 N–H and O–H groups in total. The van der Waals surface area contributed by atoms with Crippen LogP contribution in [0.1, 0.15) is 32.9 Å². The monoisotopic (exact) mass is 591 g/mol. The summed E-state index contributed by atoms with van der Waals surface area (Å²) in [4.78, 5) is 20.7. The minimum atomic E-state index is -0.439. The Morgan fingerprint density at radius 1 is 0.947 bits per heavy atom. The lowest BCUT2D eigenvalue weighted by molar-refractivity contribution is 0.153. The minimum absolute atomic E-state index is 0. The SMILES string of the molecule is CC(C)(C)N1CC=C(c2cc3c(ccc(=O)n3-c3c(Cl)cccc3Cl)c(-c3ccc(F)cc3Cl)n2)CC1.Cl. The van der Waals surface area contributed by atoms with Gasteiger partial charge in [0.05, 0.1) is 37.7 Å². The van der Waals surface area contributed by atoms with Crippen LogP contribution in [0.15, 0.2) is 65.5 Å². The number of benzene rings is 2. The lowest BCUT2D eigenvalue weighted by Gasteiger charge is -2.37. The van der Waals surface area contributed by atoms with Gasteiger partial charge in [0.15, 0.2) is 0 Å². The van der Waals surface area contributed by atoms with E-state index in [2.05, 4.69) is 31.7 Å². The van der Waals surface area contributed by atoms with Gasteiger partial charge in [0.2, 0.25) is 0 Å². The van der Waals surface area contributed by atoms with Gasteiger partial charge in [-0.15, -0.1) is 12.4 Å². The van der Waals surface area contributed by atoms with E-state index in [1.54, 1.807) is 30.3 Å². The van der Waals surface area contributed by atoms with Crippen molar-refractivity contribution in [1.29, 1.82) is 0 Å². The normalized spacial score (nSPS) is 14.3. The summed E-state index contributed by atoms with van der Waals surface area (Å²) >= 11 is 19.6. The van der Waals surface area contributed by atoms with Crippen molar-refractivity contribution in [3.05, 3.63) is 97.6 Å². The largest absolute Gasteiger partial charge is 0.294 e. The number of para-hydroxylation sites is 1. The third-order valence-corrected chi connectivity index (χ3v) is 7.65. The van der Waals surface area contributed by atoms with Crippen molar-refractivity contribution in [3.63, 3.8) is 0 Å². The number of hydrogen-bond donors (Lipinski definition) is 0. The predicted molar refractivity (Wildman–Crippen MR) is 159 cm³/mol. The Labute approximate surface area is 242 Å². The molecule has 4 nitrogen and oxygen atoms in total. The molecule has 0 amide bonds. The van der Waals surface area contributed by atoms with E-state index in [0.29, 0.717) is 37.9 Å². The van der Waals surface area contributed by atoms with Crippen molar-refractivity contribution in [1.82, 2.24) is 14.5 Å². The van der Waals surface area contributed by atoms with Crippen molar-refractivity contribution in [2.75, 3.05) is 13.1 Å². The molecule has 0 aliphatic carbocycles. The fraction of sp³-hybridized carbons (Fsp3) is 0.241. The number of fused-ring (bicyclic) bond motifs is 1. The molecule has 0 saturated carbocycles. The van der Waals surface area contributed by atoms with Crippen molar-refractivity contribution >= 4 is 63.7 Å².